The van der Waals surface area contributed by atoms with E-state index in [4.69, 9.17) is 4.74 Å². The van der Waals surface area contributed by atoms with Gasteiger partial charge in [0.15, 0.2) is 5.96 Å². The number of hydrogen-bond acceptors (Lipinski definition) is 4. The second-order valence-corrected chi connectivity index (χ2v) is 7.31. The van der Waals surface area contributed by atoms with Crippen molar-refractivity contribution < 1.29 is 9.53 Å². The fraction of sp³-hybridized carbons (Fsp3) is 0.857. The van der Waals surface area contributed by atoms with Gasteiger partial charge in [-0.1, -0.05) is 0 Å². The zero-order chi connectivity index (χ0) is 15.7. The van der Waals surface area contributed by atoms with Crippen molar-refractivity contribution in [2.24, 2.45) is 4.99 Å². The van der Waals surface area contributed by atoms with Gasteiger partial charge in [0.25, 0.3) is 0 Å². The van der Waals surface area contributed by atoms with Gasteiger partial charge in [0.1, 0.15) is 6.54 Å². The summed E-state index contributed by atoms with van der Waals surface area (Å²) in [7, 11) is 5.14. The van der Waals surface area contributed by atoms with Gasteiger partial charge in [-0.25, -0.2) is 4.99 Å². The molecule has 1 aliphatic rings. The number of thioether (sulfide) groups is 1. The molecular weight excluding hydrogens is 415 g/mol. The van der Waals surface area contributed by atoms with E-state index in [1.165, 1.54) is 18.6 Å². The third-order valence-electron chi connectivity index (χ3n) is 3.40. The lowest BCUT2D eigenvalue weighted by Crippen LogP contribution is -2.45. The molecule has 1 saturated heterocycles. The van der Waals surface area contributed by atoms with Crippen LogP contribution in [0.3, 0.4) is 0 Å². The number of rotatable bonds is 7. The Labute approximate surface area is 155 Å². The average molecular weight is 444 g/mol. The monoisotopic (exact) mass is 444 g/mol. The molecule has 22 heavy (non-hydrogen) atoms. The smallest absolute Gasteiger partial charge is 0.243 e. The Hall–Kier alpha value is -0.220. The summed E-state index contributed by atoms with van der Waals surface area (Å²) in [5.41, 5.74) is 0. The molecule has 130 valence electrons. The molecule has 8 heteroatoms. The summed E-state index contributed by atoms with van der Waals surface area (Å²) in [6.45, 7) is 4.55. The number of nitrogens with zero attached hydrogens (tertiary/aromatic N) is 2. The lowest BCUT2D eigenvalue weighted by Gasteiger charge is -2.24. The van der Waals surface area contributed by atoms with Crippen LogP contribution in [0.25, 0.3) is 0 Å². The maximum Gasteiger partial charge on any atom is 0.243 e. The molecule has 0 aromatic heterocycles. The van der Waals surface area contributed by atoms with Gasteiger partial charge in [0.05, 0.1) is 6.61 Å². The average Bonchev–Trinajstić information content (AvgIpc) is 2.88. The molecule has 0 aromatic rings. The SMILES string of the molecule is COCCNC(=NCC(=O)N(C)C)NCC1(C)CCCS1.I. The van der Waals surface area contributed by atoms with E-state index in [-0.39, 0.29) is 41.2 Å². The number of carbonyl (C=O) groups is 1. The molecule has 0 aliphatic carbocycles. The molecule has 1 amide bonds. The molecule has 0 saturated carbocycles. The molecule has 1 heterocycles. The Morgan fingerprint density at radius 3 is 2.68 bits per heavy atom. The van der Waals surface area contributed by atoms with Gasteiger partial charge in [-0.3, -0.25) is 4.79 Å². The number of halogens is 1. The Balaban J connectivity index is 0.00000441. The summed E-state index contributed by atoms with van der Waals surface area (Å²) in [6.07, 6.45) is 2.48. The predicted octanol–water partition coefficient (Wildman–Crippen LogP) is 1.16. The molecule has 2 N–H and O–H groups in total. The van der Waals surface area contributed by atoms with E-state index in [2.05, 4.69) is 22.5 Å². The van der Waals surface area contributed by atoms with Crippen LogP contribution in [0.2, 0.25) is 0 Å². The number of methoxy groups -OCH3 is 1. The van der Waals surface area contributed by atoms with Crippen LogP contribution in [0.4, 0.5) is 0 Å². The molecule has 1 rings (SSSR count). The fourth-order valence-electron chi connectivity index (χ4n) is 1.98. The summed E-state index contributed by atoms with van der Waals surface area (Å²) < 4.78 is 5.29. The van der Waals surface area contributed by atoms with E-state index in [0.29, 0.717) is 19.1 Å². The van der Waals surface area contributed by atoms with E-state index >= 15 is 0 Å². The number of hydrogen-bond donors (Lipinski definition) is 2. The summed E-state index contributed by atoms with van der Waals surface area (Å²) in [6, 6.07) is 0. The predicted molar refractivity (Wildman–Crippen MR) is 104 cm³/mol. The van der Waals surface area contributed by atoms with Crippen LogP contribution in [0.15, 0.2) is 4.99 Å². The number of likely N-dealkylation sites (N-methyl/N-ethyl adjacent to an activating group) is 1. The zero-order valence-corrected chi connectivity index (χ0v) is 17.1. The number of carbonyl (C=O) groups excluding carboxylic acids is 1. The standard InChI is InChI=1S/C14H28N4O2S.HI/c1-14(6-5-9-21-14)11-17-13(15-7-8-20-4)16-10-12(19)18(2)3;/h5-11H2,1-4H3,(H2,15,16,17);1H. The molecule has 0 aromatic carbocycles. The van der Waals surface area contributed by atoms with Crippen molar-refractivity contribution in [2.45, 2.75) is 24.5 Å². The van der Waals surface area contributed by atoms with Gasteiger partial charge in [0, 0.05) is 39.0 Å². The van der Waals surface area contributed by atoms with Crippen molar-refractivity contribution >= 4 is 47.6 Å². The Morgan fingerprint density at radius 1 is 1.41 bits per heavy atom. The molecule has 1 atom stereocenters. The number of aliphatic imine (C=N–C) groups is 1. The lowest BCUT2D eigenvalue weighted by atomic mass is 10.1. The minimum Gasteiger partial charge on any atom is -0.383 e. The van der Waals surface area contributed by atoms with Crippen LogP contribution >= 0.6 is 35.7 Å². The van der Waals surface area contributed by atoms with Crippen molar-refractivity contribution in [3.8, 4) is 0 Å². The lowest BCUT2D eigenvalue weighted by molar-refractivity contribution is -0.127. The quantitative estimate of drug-likeness (QED) is 0.267. The Kier molecular flexibility index (Phi) is 11.2. The first-order chi connectivity index (χ1) is 9.97. The largest absolute Gasteiger partial charge is 0.383 e. The van der Waals surface area contributed by atoms with Crippen LogP contribution in [0.5, 0.6) is 0 Å². The molecule has 1 fully saturated rings. The highest BCUT2D eigenvalue weighted by atomic mass is 127. The first-order valence-corrected chi connectivity index (χ1v) is 8.31. The summed E-state index contributed by atoms with van der Waals surface area (Å²) in [5, 5.41) is 6.54. The zero-order valence-electron chi connectivity index (χ0n) is 14.0. The number of nitrogens with one attached hydrogen (secondary N) is 2. The van der Waals surface area contributed by atoms with E-state index in [9.17, 15) is 4.79 Å². The van der Waals surface area contributed by atoms with Crippen LogP contribution in [-0.4, -0.2) is 74.7 Å². The second-order valence-electron chi connectivity index (χ2n) is 5.63. The first-order valence-electron chi connectivity index (χ1n) is 7.32. The molecular formula is C14H29IN4O2S. The van der Waals surface area contributed by atoms with Crippen molar-refractivity contribution in [3.63, 3.8) is 0 Å². The van der Waals surface area contributed by atoms with Gasteiger partial charge in [-0.15, -0.1) is 24.0 Å². The van der Waals surface area contributed by atoms with Crippen LogP contribution < -0.4 is 10.6 Å². The van der Waals surface area contributed by atoms with Crippen LogP contribution in [-0.2, 0) is 9.53 Å². The number of amides is 1. The fourth-order valence-corrected chi connectivity index (χ4v) is 3.23. The molecule has 0 bridgehead atoms. The Bertz CT molecular complexity index is 361. The Morgan fingerprint density at radius 2 is 2.14 bits per heavy atom. The normalized spacial score (nSPS) is 21.2. The van der Waals surface area contributed by atoms with Crippen LogP contribution in [0, 0.1) is 0 Å². The second kappa shape index (κ2) is 11.3. The van der Waals surface area contributed by atoms with Crippen molar-refractivity contribution in [3.05, 3.63) is 0 Å². The molecule has 1 aliphatic heterocycles. The van der Waals surface area contributed by atoms with Crippen molar-refractivity contribution in [1.82, 2.24) is 15.5 Å². The van der Waals surface area contributed by atoms with Gasteiger partial charge in [-0.2, -0.15) is 11.8 Å². The summed E-state index contributed by atoms with van der Waals surface area (Å²) in [5.74, 6) is 1.89. The highest BCUT2D eigenvalue weighted by Gasteiger charge is 2.29. The van der Waals surface area contributed by atoms with E-state index in [1.807, 2.05) is 11.8 Å². The van der Waals surface area contributed by atoms with Crippen LogP contribution in [0.1, 0.15) is 19.8 Å². The highest BCUT2D eigenvalue weighted by molar-refractivity contribution is 14.0. The summed E-state index contributed by atoms with van der Waals surface area (Å²) >= 11 is 2.00. The van der Waals surface area contributed by atoms with Gasteiger partial charge in [-0.05, 0) is 25.5 Å². The third-order valence-corrected chi connectivity index (χ3v) is 4.94. The first kappa shape index (κ1) is 21.8. The van der Waals surface area contributed by atoms with Gasteiger partial charge < -0.3 is 20.3 Å². The molecule has 6 nitrogen and oxygen atoms in total. The maximum absolute atomic E-state index is 11.6. The minimum atomic E-state index is -0.00991. The maximum atomic E-state index is 11.6. The van der Waals surface area contributed by atoms with E-state index in [0.717, 1.165) is 6.54 Å². The van der Waals surface area contributed by atoms with Gasteiger partial charge in [0.2, 0.25) is 5.91 Å². The summed E-state index contributed by atoms with van der Waals surface area (Å²) in [4.78, 5) is 17.5. The van der Waals surface area contributed by atoms with Crippen molar-refractivity contribution in [2.75, 3.05) is 53.2 Å². The topological polar surface area (TPSA) is 66.0 Å². The third kappa shape index (κ3) is 8.42. The number of ether oxygens (including phenoxy) is 1. The van der Waals surface area contributed by atoms with Crippen molar-refractivity contribution in [1.29, 1.82) is 0 Å². The molecule has 0 radical (unpaired) electrons. The minimum absolute atomic E-state index is 0. The van der Waals surface area contributed by atoms with E-state index < -0.39 is 0 Å². The molecule has 0 spiro atoms. The highest BCUT2D eigenvalue weighted by Crippen LogP contribution is 2.36. The van der Waals surface area contributed by atoms with E-state index in [1.54, 1.807) is 26.1 Å². The van der Waals surface area contributed by atoms with Gasteiger partial charge >= 0.3 is 0 Å². The molecule has 1 unspecified atom stereocenters. The number of guanidine groups is 1.